The van der Waals surface area contributed by atoms with Gasteiger partial charge in [0, 0.05) is 0 Å². The molecule has 3 aliphatic rings. The largest absolute Gasteiger partial charge is 1.00 e. The zero-order valence-electron chi connectivity index (χ0n) is 13.1. The molecule has 0 fully saturated rings. The molecule has 0 amide bonds. The smallest absolute Gasteiger partial charge is 1.00 e. The number of allylic oxidation sites excluding steroid dienone is 8. The van der Waals surface area contributed by atoms with Gasteiger partial charge in [-0.3, -0.25) is 0 Å². The summed E-state index contributed by atoms with van der Waals surface area (Å²) in [5.41, 5.74) is 3.41. The van der Waals surface area contributed by atoms with Crippen molar-refractivity contribution in [1.29, 1.82) is 0 Å². The van der Waals surface area contributed by atoms with Gasteiger partial charge in [-0.1, -0.05) is 0 Å². The van der Waals surface area contributed by atoms with Crippen molar-refractivity contribution in [2.45, 2.75) is 40.8 Å². The van der Waals surface area contributed by atoms with E-state index < -0.39 is 31.3 Å². The molecule has 2 unspecified atom stereocenters. The number of halogens is 2. The predicted molar refractivity (Wildman–Crippen MR) is 77.4 cm³/mol. The first-order valence-electron chi connectivity index (χ1n) is 6.98. The second kappa shape index (κ2) is 6.03. The fourth-order valence-corrected chi connectivity index (χ4v) is 12.2. The molecular formula is C16H22Cl2SiZr. The fraction of sp³-hybridized carbons (Fsp3) is 0.500. The van der Waals surface area contributed by atoms with Gasteiger partial charge in [-0.05, 0) is 0 Å². The average Bonchev–Trinajstić information content (AvgIpc) is 2.73. The van der Waals surface area contributed by atoms with E-state index in [0.29, 0.717) is 0 Å². The third-order valence-corrected chi connectivity index (χ3v) is 14.2. The number of rotatable bonds is 0. The topological polar surface area (TPSA) is 0 Å². The van der Waals surface area contributed by atoms with Crippen LogP contribution in [0, 0.1) is 11.8 Å². The van der Waals surface area contributed by atoms with E-state index in [-0.39, 0.29) is 24.8 Å². The minimum Gasteiger partial charge on any atom is -1.00 e. The first-order chi connectivity index (χ1) is 8.34. The molecule has 0 aromatic rings. The molecule has 20 heavy (non-hydrogen) atoms. The van der Waals surface area contributed by atoms with Crippen molar-refractivity contribution in [2.75, 3.05) is 0 Å². The Morgan fingerprint density at radius 3 is 1.55 bits per heavy atom. The maximum Gasteiger partial charge on any atom is -1.00 e. The number of hydrogen-bond donors (Lipinski definition) is 0. The normalized spacial score (nSPS) is 29.3. The molecule has 3 rings (SSSR count). The molecule has 4 bridgehead atoms. The average molecular weight is 405 g/mol. The van der Waals surface area contributed by atoms with E-state index in [9.17, 15) is 0 Å². The Kier molecular flexibility index (Phi) is 5.63. The van der Waals surface area contributed by atoms with Crippen molar-refractivity contribution in [2.24, 2.45) is 11.8 Å². The summed E-state index contributed by atoms with van der Waals surface area (Å²) in [6.45, 7) is 14.8. The molecule has 0 radical (unpaired) electrons. The van der Waals surface area contributed by atoms with Gasteiger partial charge in [-0.25, -0.2) is 0 Å². The summed E-state index contributed by atoms with van der Waals surface area (Å²) in [5.74, 6) is 1.48. The molecule has 0 N–H and O–H groups in total. The Labute approximate surface area is 148 Å². The molecule has 0 saturated carbocycles. The first-order valence-corrected chi connectivity index (χ1v) is 12.4. The van der Waals surface area contributed by atoms with Gasteiger partial charge in [0.1, 0.15) is 0 Å². The minimum atomic E-state index is -1.42. The molecule has 4 heteroatoms. The van der Waals surface area contributed by atoms with Gasteiger partial charge in [0.05, 0.1) is 0 Å². The van der Waals surface area contributed by atoms with E-state index in [1.54, 1.807) is 21.5 Å². The molecule has 0 aromatic heterocycles. The molecule has 1 heterocycles. The Morgan fingerprint density at radius 2 is 1.20 bits per heavy atom. The van der Waals surface area contributed by atoms with E-state index in [1.807, 2.05) is 6.56 Å². The van der Waals surface area contributed by atoms with Crippen LogP contribution in [0.25, 0.3) is 0 Å². The van der Waals surface area contributed by atoms with Crippen molar-refractivity contribution in [1.82, 2.24) is 0 Å². The first kappa shape index (κ1) is 18.7. The van der Waals surface area contributed by atoms with Gasteiger partial charge in [0.15, 0.2) is 0 Å². The molecule has 2 aliphatic carbocycles. The van der Waals surface area contributed by atoms with Crippen LogP contribution in [0.2, 0.25) is 13.1 Å². The molecular weight excluding hydrogens is 382 g/mol. The molecule has 2 atom stereocenters. The van der Waals surface area contributed by atoms with Gasteiger partial charge in [-0.2, -0.15) is 0 Å². The molecule has 0 aromatic carbocycles. The summed E-state index contributed by atoms with van der Waals surface area (Å²) in [4.78, 5) is 0. The van der Waals surface area contributed by atoms with Crippen LogP contribution in [-0.2, 0) is 23.2 Å². The van der Waals surface area contributed by atoms with Gasteiger partial charge in [-0.15, -0.1) is 0 Å². The third-order valence-electron chi connectivity index (χ3n) is 4.98. The van der Waals surface area contributed by atoms with Crippen LogP contribution in [0.5, 0.6) is 0 Å². The van der Waals surface area contributed by atoms with Crippen molar-refractivity contribution in [3.05, 3.63) is 40.3 Å². The van der Waals surface area contributed by atoms with E-state index in [2.05, 4.69) is 52.9 Å². The van der Waals surface area contributed by atoms with Gasteiger partial charge in [0.25, 0.3) is 0 Å². The van der Waals surface area contributed by atoms with Crippen LogP contribution < -0.4 is 24.8 Å². The molecule has 0 spiro atoms. The van der Waals surface area contributed by atoms with E-state index in [0.717, 1.165) is 11.8 Å². The maximum absolute atomic E-state index is 2.61. The summed E-state index contributed by atoms with van der Waals surface area (Å²) in [7, 11) is -1.42. The van der Waals surface area contributed by atoms with E-state index >= 15 is 0 Å². The zero-order chi connectivity index (χ0) is 13.2. The summed E-state index contributed by atoms with van der Waals surface area (Å²) in [6.07, 6.45) is 5.22. The van der Waals surface area contributed by atoms with Crippen LogP contribution in [0.1, 0.15) is 27.7 Å². The van der Waals surface area contributed by atoms with E-state index in [4.69, 9.17) is 0 Å². The Hall–Kier alpha value is 0.640. The number of fused-ring (bicyclic) bond motifs is 2. The van der Waals surface area contributed by atoms with Crippen LogP contribution in [-0.4, -0.2) is 8.07 Å². The summed E-state index contributed by atoms with van der Waals surface area (Å²) in [5, 5.41) is 3.51. The van der Waals surface area contributed by atoms with Crippen LogP contribution in [0.3, 0.4) is 0 Å². The molecule has 0 nitrogen and oxygen atoms in total. The van der Waals surface area contributed by atoms with Gasteiger partial charge < -0.3 is 24.8 Å². The number of hydrogen-bond acceptors (Lipinski definition) is 0. The maximum atomic E-state index is 2.61. The summed E-state index contributed by atoms with van der Waals surface area (Å²) in [6, 6.07) is 0. The molecule has 108 valence electrons. The summed E-state index contributed by atoms with van der Waals surface area (Å²) < 4.78 is 3.73. The van der Waals surface area contributed by atoms with Gasteiger partial charge >= 0.3 is 124 Å². The van der Waals surface area contributed by atoms with Crippen molar-refractivity contribution in [3.63, 3.8) is 0 Å². The van der Waals surface area contributed by atoms with Crippen LogP contribution in [0.4, 0.5) is 0 Å². The Morgan fingerprint density at radius 1 is 0.850 bits per heavy atom. The Bertz CT molecular complexity index is 519. The second-order valence-electron chi connectivity index (χ2n) is 6.57. The zero-order valence-corrected chi connectivity index (χ0v) is 18.0. The third kappa shape index (κ3) is 2.45. The standard InChI is InChI=1S/C16H22Si.2ClH.Zr/c1-11-7-13(3)15(9-11)17(5,6)16-10-12(2)8-14(16)4;;;/h9-12H,1-6H3;2*1H;/q;;;+2/p-2. The Balaban J connectivity index is 0.000001000. The van der Waals surface area contributed by atoms with Gasteiger partial charge in [0.2, 0.25) is 0 Å². The van der Waals surface area contributed by atoms with Crippen molar-refractivity contribution in [3.8, 4) is 0 Å². The second-order valence-corrected chi connectivity index (χ2v) is 14.2. The molecule has 0 saturated heterocycles. The fourth-order valence-electron chi connectivity index (χ4n) is 3.95. The minimum absolute atomic E-state index is 0. The van der Waals surface area contributed by atoms with E-state index in [1.165, 1.54) is 0 Å². The van der Waals surface area contributed by atoms with Crippen LogP contribution >= 0.6 is 0 Å². The SMILES string of the molecule is CC1=[C]2[Zr+2][C]3=C(C)C(=CC3C)[Si](C)(C)C1=CC2C.[Cl-].[Cl-]. The molecule has 1 aliphatic heterocycles. The summed E-state index contributed by atoms with van der Waals surface area (Å²) >= 11 is -0.514. The monoisotopic (exact) mass is 402 g/mol. The quantitative estimate of drug-likeness (QED) is 0.435. The van der Waals surface area contributed by atoms with Crippen LogP contribution in [0.15, 0.2) is 40.3 Å². The predicted octanol–water partition coefficient (Wildman–Crippen LogP) is -1.42. The van der Waals surface area contributed by atoms with Crippen molar-refractivity contribution < 1.29 is 48.0 Å². The van der Waals surface area contributed by atoms with Crippen molar-refractivity contribution >= 4 is 8.07 Å².